The Morgan fingerprint density at radius 1 is 1.33 bits per heavy atom. The molecular formula is C9H8BrF4N. The van der Waals surface area contributed by atoms with E-state index in [9.17, 15) is 17.6 Å². The van der Waals surface area contributed by atoms with Gasteiger partial charge in [-0.25, -0.2) is 4.39 Å². The topological polar surface area (TPSA) is 26.0 Å². The summed E-state index contributed by atoms with van der Waals surface area (Å²) in [5.41, 5.74) is 4.58. The van der Waals surface area contributed by atoms with Crippen LogP contribution in [0.1, 0.15) is 11.5 Å². The normalized spacial score (nSPS) is 14.0. The van der Waals surface area contributed by atoms with Gasteiger partial charge < -0.3 is 5.73 Å². The summed E-state index contributed by atoms with van der Waals surface area (Å²) >= 11 is 2.89. The van der Waals surface area contributed by atoms with Crippen LogP contribution in [0.15, 0.2) is 22.7 Å². The monoisotopic (exact) mass is 285 g/mol. The summed E-state index contributed by atoms with van der Waals surface area (Å²) in [4.78, 5) is 0. The highest BCUT2D eigenvalue weighted by molar-refractivity contribution is 9.10. The minimum absolute atomic E-state index is 0.0790. The van der Waals surface area contributed by atoms with Gasteiger partial charge in [-0.1, -0.05) is 22.0 Å². The number of hydrogen-bond donors (Lipinski definition) is 1. The summed E-state index contributed by atoms with van der Waals surface area (Å²) in [7, 11) is 0. The van der Waals surface area contributed by atoms with E-state index >= 15 is 0 Å². The molecule has 1 aromatic carbocycles. The average molecular weight is 286 g/mol. The zero-order valence-corrected chi connectivity index (χ0v) is 9.07. The highest BCUT2D eigenvalue weighted by atomic mass is 79.9. The van der Waals surface area contributed by atoms with Gasteiger partial charge in [0.2, 0.25) is 0 Å². The lowest BCUT2D eigenvalue weighted by Crippen LogP contribution is -2.29. The van der Waals surface area contributed by atoms with Crippen molar-refractivity contribution in [3.8, 4) is 0 Å². The molecular weight excluding hydrogens is 278 g/mol. The molecule has 15 heavy (non-hydrogen) atoms. The number of benzene rings is 1. The highest BCUT2D eigenvalue weighted by Crippen LogP contribution is 2.38. The Morgan fingerprint density at radius 2 is 1.93 bits per heavy atom. The summed E-state index contributed by atoms with van der Waals surface area (Å²) in [6.45, 7) is -0.678. The van der Waals surface area contributed by atoms with Crippen LogP contribution < -0.4 is 5.73 Å². The second-order valence-electron chi connectivity index (χ2n) is 2.97. The first-order valence-electron chi connectivity index (χ1n) is 4.08. The molecule has 2 N–H and O–H groups in total. The lowest BCUT2D eigenvalue weighted by atomic mass is 9.98. The van der Waals surface area contributed by atoms with Gasteiger partial charge in [0.05, 0.1) is 5.92 Å². The van der Waals surface area contributed by atoms with Crippen LogP contribution in [0.4, 0.5) is 17.6 Å². The van der Waals surface area contributed by atoms with Crippen LogP contribution >= 0.6 is 15.9 Å². The SMILES string of the molecule is NCC(c1c(F)cccc1Br)C(F)(F)F. The molecule has 0 aliphatic heterocycles. The molecule has 1 atom stereocenters. The predicted octanol–water partition coefficient (Wildman–Crippen LogP) is 3.19. The van der Waals surface area contributed by atoms with E-state index < -0.39 is 30.0 Å². The third-order valence-electron chi connectivity index (χ3n) is 1.98. The van der Waals surface area contributed by atoms with E-state index in [1.165, 1.54) is 12.1 Å². The van der Waals surface area contributed by atoms with Gasteiger partial charge in [0.1, 0.15) is 5.82 Å². The fourth-order valence-electron chi connectivity index (χ4n) is 1.26. The lowest BCUT2D eigenvalue weighted by Gasteiger charge is -2.20. The summed E-state index contributed by atoms with van der Waals surface area (Å²) in [6, 6.07) is 3.66. The molecule has 0 radical (unpaired) electrons. The van der Waals surface area contributed by atoms with Crippen molar-refractivity contribution in [3.05, 3.63) is 34.1 Å². The van der Waals surface area contributed by atoms with Gasteiger partial charge in [-0.2, -0.15) is 13.2 Å². The van der Waals surface area contributed by atoms with Crippen molar-refractivity contribution in [2.24, 2.45) is 5.73 Å². The maximum absolute atomic E-state index is 13.2. The average Bonchev–Trinajstić information content (AvgIpc) is 2.09. The minimum Gasteiger partial charge on any atom is -0.330 e. The van der Waals surface area contributed by atoms with Gasteiger partial charge in [-0.3, -0.25) is 0 Å². The van der Waals surface area contributed by atoms with Gasteiger partial charge in [-0.15, -0.1) is 0 Å². The molecule has 1 aromatic rings. The Hall–Kier alpha value is -0.620. The zero-order chi connectivity index (χ0) is 11.6. The van der Waals surface area contributed by atoms with Crippen LogP contribution in [0, 0.1) is 5.82 Å². The lowest BCUT2D eigenvalue weighted by molar-refractivity contribution is -0.148. The van der Waals surface area contributed by atoms with E-state index in [2.05, 4.69) is 15.9 Å². The molecule has 1 unspecified atom stereocenters. The highest BCUT2D eigenvalue weighted by Gasteiger charge is 2.42. The van der Waals surface area contributed by atoms with Crippen molar-refractivity contribution in [1.29, 1.82) is 0 Å². The molecule has 84 valence electrons. The molecule has 0 spiro atoms. The molecule has 0 fully saturated rings. The minimum atomic E-state index is -4.54. The predicted molar refractivity (Wildman–Crippen MR) is 52.0 cm³/mol. The quantitative estimate of drug-likeness (QED) is 0.830. The van der Waals surface area contributed by atoms with Gasteiger partial charge in [0, 0.05) is 16.6 Å². The van der Waals surface area contributed by atoms with Crippen LogP contribution in [0.3, 0.4) is 0 Å². The third-order valence-corrected chi connectivity index (χ3v) is 2.67. The Kier molecular flexibility index (Phi) is 3.72. The van der Waals surface area contributed by atoms with E-state index in [0.29, 0.717) is 0 Å². The van der Waals surface area contributed by atoms with Crippen molar-refractivity contribution in [2.45, 2.75) is 12.1 Å². The van der Waals surface area contributed by atoms with E-state index in [4.69, 9.17) is 5.73 Å². The second-order valence-corrected chi connectivity index (χ2v) is 3.82. The Bertz CT molecular complexity index is 330. The molecule has 0 aliphatic rings. The molecule has 0 aliphatic carbocycles. The number of hydrogen-bond acceptors (Lipinski definition) is 1. The van der Waals surface area contributed by atoms with Crippen molar-refractivity contribution in [3.63, 3.8) is 0 Å². The summed E-state index contributed by atoms with van der Waals surface area (Å²) in [5.74, 6) is -2.88. The molecule has 6 heteroatoms. The van der Waals surface area contributed by atoms with Crippen LogP contribution in [0.5, 0.6) is 0 Å². The zero-order valence-electron chi connectivity index (χ0n) is 7.48. The summed E-state index contributed by atoms with van der Waals surface area (Å²) < 4.78 is 50.8. The van der Waals surface area contributed by atoms with Crippen molar-refractivity contribution in [1.82, 2.24) is 0 Å². The van der Waals surface area contributed by atoms with Gasteiger partial charge in [0.15, 0.2) is 0 Å². The van der Waals surface area contributed by atoms with E-state index in [1.807, 2.05) is 0 Å². The molecule has 0 heterocycles. The van der Waals surface area contributed by atoms with Gasteiger partial charge in [-0.05, 0) is 12.1 Å². The maximum Gasteiger partial charge on any atom is 0.397 e. The molecule has 0 bridgehead atoms. The summed E-state index contributed by atoms with van der Waals surface area (Å²) in [6.07, 6.45) is -4.54. The number of alkyl halides is 3. The second kappa shape index (κ2) is 4.49. The van der Waals surface area contributed by atoms with E-state index in [-0.39, 0.29) is 4.47 Å². The van der Waals surface area contributed by atoms with Crippen molar-refractivity contribution in [2.75, 3.05) is 6.54 Å². The van der Waals surface area contributed by atoms with Crippen molar-refractivity contribution < 1.29 is 17.6 Å². The largest absolute Gasteiger partial charge is 0.397 e. The van der Waals surface area contributed by atoms with Crippen LogP contribution in [-0.2, 0) is 0 Å². The van der Waals surface area contributed by atoms with Crippen molar-refractivity contribution >= 4 is 15.9 Å². The Balaban J connectivity index is 3.24. The first kappa shape index (κ1) is 12.4. The molecule has 0 amide bonds. The molecule has 1 nitrogen and oxygen atoms in total. The van der Waals surface area contributed by atoms with E-state index in [0.717, 1.165) is 6.07 Å². The number of rotatable bonds is 2. The number of halogens is 5. The molecule has 1 rings (SSSR count). The smallest absolute Gasteiger partial charge is 0.330 e. The first-order chi connectivity index (χ1) is 6.88. The first-order valence-corrected chi connectivity index (χ1v) is 4.88. The van der Waals surface area contributed by atoms with Gasteiger partial charge >= 0.3 is 6.18 Å². The van der Waals surface area contributed by atoms with Gasteiger partial charge in [0.25, 0.3) is 0 Å². The van der Waals surface area contributed by atoms with Crippen LogP contribution in [0.2, 0.25) is 0 Å². The third kappa shape index (κ3) is 2.69. The van der Waals surface area contributed by atoms with Crippen LogP contribution in [-0.4, -0.2) is 12.7 Å². The standard InChI is InChI=1S/C9H8BrF4N/c10-6-2-1-3-7(11)8(6)5(4-15)9(12,13)14/h1-3,5H,4,15H2. The molecule has 0 aromatic heterocycles. The van der Waals surface area contributed by atoms with E-state index in [1.54, 1.807) is 0 Å². The Morgan fingerprint density at radius 3 is 2.33 bits per heavy atom. The Labute approximate surface area is 92.4 Å². The fourth-order valence-corrected chi connectivity index (χ4v) is 1.88. The fraction of sp³-hybridized carbons (Fsp3) is 0.333. The number of nitrogens with two attached hydrogens (primary N) is 1. The van der Waals surface area contributed by atoms with Crippen LogP contribution in [0.25, 0.3) is 0 Å². The maximum atomic E-state index is 13.2. The molecule has 0 saturated heterocycles. The summed E-state index contributed by atoms with van der Waals surface area (Å²) in [5, 5.41) is 0. The molecule has 0 saturated carbocycles.